The zero-order valence-electron chi connectivity index (χ0n) is 13.4. The van der Waals surface area contributed by atoms with E-state index in [9.17, 15) is 4.79 Å². The summed E-state index contributed by atoms with van der Waals surface area (Å²) in [5.41, 5.74) is 6.14. The van der Waals surface area contributed by atoms with Gasteiger partial charge < -0.3 is 10.6 Å². The molecular weight excluding hydrogens is 298 g/mol. The Balaban J connectivity index is 1.65. The number of piperidine rings is 1. The second kappa shape index (κ2) is 5.37. The lowest BCUT2D eigenvalue weighted by molar-refractivity contribution is -0.133. The topological polar surface area (TPSA) is 85.0 Å². The van der Waals surface area contributed by atoms with Crippen molar-refractivity contribution in [2.24, 2.45) is 10.8 Å². The lowest BCUT2D eigenvalue weighted by atomic mass is 9.81. The number of carbonyl (C=O) groups excluding carboxylic acids is 1. The molecule has 2 aliphatic rings. The van der Waals surface area contributed by atoms with Gasteiger partial charge in [-0.05, 0) is 30.1 Å². The van der Waals surface area contributed by atoms with Gasteiger partial charge in [-0.2, -0.15) is 4.98 Å². The van der Waals surface area contributed by atoms with E-state index in [-0.39, 0.29) is 17.3 Å². The highest BCUT2D eigenvalue weighted by molar-refractivity contribution is 7.99. The first-order chi connectivity index (χ1) is 10.3. The van der Waals surface area contributed by atoms with Crippen molar-refractivity contribution in [3.8, 4) is 0 Å². The molecule has 1 aromatic rings. The fourth-order valence-corrected chi connectivity index (χ4v) is 4.87. The zero-order valence-corrected chi connectivity index (χ0v) is 14.2. The van der Waals surface area contributed by atoms with Crippen molar-refractivity contribution in [2.45, 2.75) is 51.2 Å². The van der Waals surface area contributed by atoms with Gasteiger partial charge in [-0.15, -0.1) is 0 Å². The SMILES string of the molecule is CC12CCN(C(=O)CSc3ncnc(N)n3)C(C1)C(C)(C)C2. The quantitative estimate of drug-likeness (QED) is 0.857. The van der Waals surface area contributed by atoms with E-state index in [0.717, 1.165) is 19.4 Å². The molecule has 2 unspecified atom stereocenters. The lowest BCUT2D eigenvalue weighted by Gasteiger charge is -2.40. The number of anilines is 1. The number of nitrogens with two attached hydrogens (primary N) is 1. The first kappa shape index (κ1) is 15.5. The molecule has 6 nitrogen and oxygen atoms in total. The molecule has 2 N–H and O–H groups in total. The number of rotatable bonds is 3. The lowest BCUT2D eigenvalue weighted by Crippen LogP contribution is -2.49. The van der Waals surface area contributed by atoms with Gasteiger partial charge in [0.15, 0.2) is 5.16 Å². The number of carbonyl (C=O) groups is 1. The smallest absolute Gasteiger partial charge is 0.233 e. The molecule has 0 radical (unpaired) electrons. The Bertz CT molecular complexity index is 593. The van der Waals surface area contributed by atoms with E-state index >= 15 is 0 Å². The van der Waals surface area contributed by atoms with Gasteiger partial charge in [0.1, 0.15) is 6.33 Å². The summed E-state index contributed by atoms with van der Waals surface area (Å²) >= 11 is 1.33. The molecule has 2 atom stereocenters. The number of hydrogen-bond donors (Lipinski definition) is 1. The molecule has 2 fully saturated rings. The number of hydrogen-bond acceptors (Lipinski definition) is 6. The van der Waals surface area contributed by atoms with E-state index in [2.05, 4.69) is 40.6 Å². The van der Waals surface area contributed by atoms with Crippen LogP contribution in [-0.4, -0.2) is 44.1 Å². The Morgan fingerprint density at radius 1 is 1.45 bits per heavy atom. The Labute approximate surface area is 135 Å². The highest BCUT2D eigenvalue weighted by Gasteiger charge is 2.53. The largest absolute Gasteiger partial charge is 0.368 e. The number of nitrogens with zero attached hydrogens (tertiary/aromatic N) is 4. The highest BCUT2D eigenvalue weighted by Crippen LogP contribution is 2.55. The molecule has 120 valence electrons. The van der Waals surface area contributed by atoms with Gasteiger partial charge in [0.25, 0.3) is 0 Å². The monoisotopic (exact) mass is 321 g/mol. The van der Waals surface area contributed by atoms with Crippen molar-refractivity contribution >= 4 is 23.6 Å². The van der Waals surface area contributed by atoms with Crippen LogP contribution in [0.2, 0.25) is 0 Å². The summed E-state index contributed by atoms with van der Waals surface area (Å²) in [6.45, 7) is 7.80. The van der Waals surface area contributed by atoms with E-state index in [1.165, 1.54) is 24.5 Å². The van der Waals surface area contributed by atoms with Gasteiger partial charge in [-0.25, -0.2) is 9.97 Å². The Kier molecular flexibility index (Phi) is 3.79. The number of likely N-dealkylation sites (tertiary alicyclic amines) is 1. The van der Waals surface area contributed by atoms with Crippen LogP contribution in [0, 0.1) is 10.8 Å². The summed E-state index contributed by atoms with van der Waals surface area (Å²) in [6.07, 6.45) is 4.80. The normalized spacial score (nSPS) is 29.6. The van der Waals surface area contributed by atoms with Crippen LogP contribution in [0.15, 0.2) is 11.5 Å². The third-order valence-corrected chi connectivity index (χ3v) is 5.86. The maximum atomic E-state index is 12.6. The molecule has 0 spiro atoms. The van der Waals surface area contributed by atoms with Crippen LogP contribution in [0.5, 0.6) is 0 Å². The van der Waals surface area contributed by atoms with Crippen LogP contribution in [-0.2, 0) is 4.79 Å². The maximum Gasteiger partial charge on any atom is 0.233 e. The molecule has 3 rings (SSSR count). The number of thioether (sulfide) groups is 1. The van der Waals surface area contributed by atoms with Gasteiger partial charge in [-0.1, -0.05) is 32.5 Å². The fourth-order valence-electron chi connectivity index (χ4n) is 4.17. The van der Waals surface area contributed by atoms with E-state index < -0.39 is 0 Å². The number of amides is 1. The molecule has 1 aliphatic heterocycles. The molecule has 1 aliphatic carbocycles. The number of nitrogen functional groups attached to an aromatic ring is 1. The average molecular weight is 321 g/mol. The molecular formula is C15H23N5OS. The summed E-state index contributed by atoms with van der Waals surface area (Å²) in [4.78, 5) is 26.5. The molecule has 22 heavy (non-hydrogen) atoms. The minimum Gasteiger partial charge on any atom is -0.368 e. The molecule has 1 amide bonds. The van der Waals surface area contributed by atoms with Gasteiger partial charge in [0.2, 0.25) is 11.9 Å². The van der Waals surface area contributed by atoms with Crippen LogP contribution in [0.4, 0.5) is 5.95 Å². The summed E-state index contributed by atoms with van der Waals surface area (Å²) in [7, 11) is 0. The molecule has 1 saturated heterocycles. The van der Waals surface area contributed by atoms with Crippen molar-refractivity contribution in [3.63, 3.8) is 0 Å². The van der Waals surface area contributed by atoms with Crippen molar-refractivity contribution in [3.05, 3.63) is 6.33 Å². The summed E-state index contributed by atoms with van der Waals surface area (Å²) in [6, 6.07) is 0.350. The van der Waals surface area contributed by atoms with Crippen LogP contribution in [0.3, 0.4) is 0 Å². The van der Waals surface area contributed by atoms with E-state index in [4.69, 9.17) is 5.73 Å². The second-order valence-corrected chi connectivity index (χ2v) is 8.39. The number of fused-ring (bicyclic) bond motifs is 2. The van der Waals surface area contributed by atoms with E-state index in [1.54, 1.807) is 0 Å². The summed E-state index contributed by atoms with van der Waals surface area (Å²) < 4.78 is 0. The molecule has 0 aromatic carbocycles. The predicted octanol–water partition coefficient (Wildman–Crippen LogP) is 1.97. The third kappa shape index (κ3) is 2.91. The van der Waals surface area contributed by atoms with Crippen LogP contribution >= 0.6 is 11.8 Å². The molecule has 1 aromatic heterocycles. The van der Waals surface area contributed by atoms with Crippen molar-refractivity contribution in [1.82, 2.24) is 19.9 Å². The zero-order chi connectivity index (χ0) is 16.0. The van der Waals surface area contributed by atoms with Crippen molar-refractivity contribution < 1.29 is 4.79 Å². The third-order valence-electron chi connectivity index (χ3n) is 5.02. The molecule has 7 heteroatoms. The van der Waals surface area contributed by atoms with Crippen molar-refractivity contribution in [1.29, 1.82) is 0 Å². The van der Waals surface area contributed by atoms with Crippen LogP contribution in [0.25, 0.3) is 0 Å². The fraction of sp³-hybridized carbons (Fsp3) is 0.733. The average Bonchev–Trinajstić information content (AvgIpc) is 2.62. The van der Waals surface area contributed by atoms with Crippen LogP contribution in [0.1, 0.15) is 40.0 Å². The Hall–Kier alpha value is -1.37. The predicted molar refractivity (Wildman–Crippen MR) is 86.2 cm³/mol. The minimum absolute atomic E-state index is 0.172. The van der Waals surface area contributed by atoms with E-state index in [0.29, 0.717) is 22.4 Å². The first-order valence-electron chi connectivity index (χ1n) is 7.66. The summed E-state index contributed by atoms with van der Waals surface area (Å²) in [5.74, 6) is 0.717. The van der Waals surface area contributed by atoms with Gasteiger partial charge in [-0.3, -0.25) is 4.79 Å². The van der Waals surface area contributed by atoms with Gasteiger partial charge in [0.05, 0.1) is 5.75 Å². The summed E-state index contributed by atoms with van der Waals surface area (Å²) in [5, 5.41) is 0.508. The molecule has 2 heterocycles. The Morgan fingerprint density at radius 3 is 2.95 bits per heavy atom. The molecule has 1 saturated carbocycles. The molecule has 2 bridgehead atoms. The van der Waals surface area contributed by atoms with E-state index in [1.807, 2.05) is 0 Å². The highest BCUT2D eigenvalue weighted by atomic mass is 32.2. The Morgan fingerprint density at radius 2 is 2.23 bits per heavy atom. The second-order valence-electron chi connectivity index (χ2n) is 7.45. The number of aromatic nitrogens is 3. The first-order valence-corrected chi connectivity index (χ1v) is 8.64. The maximum absolute atomic E-state index is 12.6. The minimum atomic E-state index is 0.172. The van der Waals surface area contributed by atoms with Crippen LogP contribution < -0.4 is 5.73 Å². The van der Waals surface area contributed by atoms with Crippen molar-refractivity contribution in [2.75, 3.05) is 18.0 Å². The standard InChI is InChI=1S/C15H23N5OS/c1-14(2)8-15(3)4-5-20(10(14)6-15)11(21)7-22-13-18-9-17-12(16)19-13/h9-10H,4-8H2,1-3H3,(H2,16,17,18,19). The van der Waals surface area contributed by atoms with Gasteiger partial charge >= 0.3 is 0 Å². The van der Waals surface area contributed by atoms with Gasteiger partial charge in [0, 0.05) is 12.6 Å².